The summed E-state index contributed by atoms with van der Waals surface area (Å²) in [6.45, 7) is 2.73. The van der Waals surface area contributed by atoms with Crippen molar-refractivity contribution in [3.05, 3.63) is 59.7 Å². The Morgan fingerprint density at radius 2 is 1.88 bits per heavy atom. The summed E-state index contributed by atoms with van der Waals surface area (Å²) < 4.78 is 11.1. The van der Waals surface area contributed by atoms with Gasteiger partial charge in [0.25, 0.3) is 0 Å². The van der Waals surface area contributed by atoms with Crippen LogP contribution >= 0.6 is 0 Å². The zero-order valence-corrected chi connectivity index (χ0v) is 14.2. The number of carboxylic acids is 1. The fraction of sp³-hybridized carbons (Fsp3) is 0.350. The average Bonchev–Trinajstić information content (AvgIpc) is 2.60. The normalized spacial score (nSPS) is 11.8. The number of hydrogen-bond donors (Lipinski definition) is 1. The smallest absolute Gasteiger partial charge is 0.311 e. The molecule has 128 valence electrons. The molecule has 0 aromatic heterocycles. The standard InChI is InChI=1S/C20H24O4/c1-3-4-12-24-19-14-15(10-11-18(19)23-2)13-17(20(21)22)16-8-6-5-7-9-16/h5-11,14,17H,3-4,12-13H2,1-2H3,(H,21,22). The van der Waals surface area contributed by atoms with Gasteiger partial charge in [-0.3, -0.25) is 4.79 Å². The largest absolute Gasteiger partial charge is 0.493 e. The Kier molecular flexibility index (Phi) is 6.67. The van der Waals surface area contributed by atoms with E-state index in [1.165, 1.54) is 0 Å². The maximum atomic E-state index is 11.7. The SMILES string of the molecule is CCCCOc1cc(CC(C(=O)O)c2ccccc2)ccc1OC. The molecule has 1 atom stereocenters. The van der Waals surface area contributed by atoms with Crippen molar-refractivity contribution >= 4 is 5.97 Å². The summed E-state index contributed by atoms with van der Waals surface area (Å²) >= 11 is 0. The summed E-state index contributed by atoms with van der Waals surface area (Å²) in [6, 6.07) is 14.9. The summed E-state index contributed by atoms with van der Waals surface area (Å²) in [5, 5.41) is 9.58. The number of ether oxygens (including phenoxy) is 2. The van der Waals surface area contributed by atoms with Crippen LogP contribution in [0.2, 0.25) is 0 Å². The number of rotatable bonds is 9. The van der Waals surface area contributed by atoms with Gasteiger partial charge in [0, 0.05) is 0 Å². The Balaban J connectivity index is 2.20. The van der Waals surface area contributed by atoms with Crippen LogP contribution in [0.5, 0.6) is 11.5 Å². The van der Waals surface area contributed by atoms with E-state index in [2.05, 4.69) is 6.92 Å². The molecule has 0 saturated heterocycles. The highest BCUT2D eigenvalue weighted by Gasteiger charge is 2.20. The lowest BCUT2D eigenvalue weighted by Gasteiger charge is -2.15. The second-order valence-corrected chi connectivity index (χ2v) is 5.69. The van der Waals surface area contributed by atoms with Gasteiger partial charge < -0.3 is 14.6 Å². The lowest BCUT2D eigenvalue weighted by atomic mass is 9.92. The molecule has 2 aromatic rings. The minimum absolute atomic E-state index is 0.410. The molecule has 4 nitrogen and oxygen atoms in total. The molecule has 0 fully saturated rings. The van der Waals surface area contributed by atoms with Crippen LogP contribution in [0.15, 0.2) is 48.5 Å². The molecule has 0 aliphatic heterocycles. The van der Waals surface area contributed by atoms with E-state index in [0.29, 0.717) is 24.5 Å². The second-order valence-electron chi connectivity index (χ2n) is 5.69. The Morgan fingerprint density at radius 3 is 2.50 bits per heavy atom. The zero-order chi connectivity index (χ0) is 17.4. The van der Waals surface area contributed by atoms with Gasteiger partial charge in [0.2, 0.25) is 0 Å². The van der Waals surface area contributed by atoms with Crippen molar-refractivity contribution in [2.45, 2.75) is 32.1 Å². The Labute approximate surface area is 143 Å². The first-order chi connectivity index (χ1) is 11.7. The minimum atomic E-state index is -0.828. The molecule has 0 aliphatic carbocycles. The third-order valence-corrected chi connectivity index (χ3v) is 3.92. The Morgan fingerprint density at radius 1 is 1.12 bits per heavy atom. The van der Waals surface area contributed by atoms with E-state index in [1.807, 2.05) is 48.5 Å². The van der Waals surface area contributed by atoms with Crippen molar-refractivity contribution in [1.82, 2.24) is 0 Å². The van der Waals surface area contributed by atoms with Crippen LogP contribution in [-0.2, 0) is 11.2 Å². The summed E-state index contributed by atoms with van der Waals surface area (Å²) in [5.74, 6) is -0.0735. The van der Waals surface area contributed by atoms with Gasteiger partial charge >= 0.3 is 5.97 Å². The van der Waals surface area contributed by atoms with Crippen molar-refractivity contribution in [3.8, 4) is 11.5 Å². The Bertz CT molecular complexity index is 652. The van der Waals surface area contributed by atoms with E-state index < -0.39 is 11.9 Å². The fourth-order valence-corrected chi connectivity index (χ4v) is 2.56. The van der Waals surface area contributed by atoms with E-state index in [9.17, 15) is 9.90 Å². The molecule has 24 heavy (non-hydrogen) atoms. The molecule has 0 amide bonds. The summed E-state index contributed by atoms with van der Waals surface area (Å²) in [4.78, 5) is 11.7. The van der Waals surface area contributed by atoms with E-state index in [0.717, 1.165) is 24.0 Å². The predicted octanol–water partition coefficient (Wildman–Crippen LogP) is 4.29. The van der Waals surface area contributed by atoms with Crippen molar-refractivity contribution in [1.29, 1.82) is 0 Å². The van der Waals surface area contributed by atoms with E-state index in [1.54, 1.807) is 7.11 Å². The number of hydrogen-bond acceptors (Lipinski definition) is 3. The lowest BCUT2D eigenvalue weighted by molar-refractivity contribution is -0.138. The van der Waals surface area contributed by atoms with Gasteiger partial charge in [0.1, 0.15) is 0 Å². The van der Waals surface area contributed by atoms with Crippen LogP contribution in [0.25, 0.3) is 0 Å². The number of carbonyl (C=O) groups is 1. The van der Waals surface area contributed by atoms with Gasteiger partial charge in [0.15, 0.2) is 11.5 Å². The molecule has 0 radical (unpaired) electrons. The number of benzene rings is 2. The molecule has 0 bridgehead atoms. The van der Waals surface area contributed by atoms with Crippen molar-refractivity contribution in [3.63, 3.8) is 0 Å². The van der Waals surface area contributed by atoms with Crippen LogP contribution in [0.3, 0.4) is 0 Å². The monoisotopic (exact) mass is 328 g/mol. The van der Waals surface area contributed by atoms with Crippen LogP contribution < -0.4 is 9.47 Å². The zero-order valence-electron chi connectivity index (χ0n) is 14.2. The summed E-state index contributed by atoms with van der Waals surface area (Å²) in [6.07, 6.45) is 2.43. The quantitative estimate of drug-likeness (QED) is 0.698. The van der Waals surface area contributed by atoms with E-state index in [4.69, 9.17) is 9.47 Å². The van der Waals surface area contributed by atoms with Crippen molar-refractivity contribution in [2.24, 2.45) is 0 Å². The first-order valence-electron chi connectivity index (χ1n) is 8.23. The highest BCUT2D eigenvalue weighted by Crippen LogP contribution is 2.31. The van der Waals surface area contributed by atoms with Crippen LogP contribution in [0.4, 0.5) is 0 Å². The van der Waals surface area contributed by atoms with Gasteiger partial charge in [-0.15, -0.1) is 0 Å². The molecule has 2 aromatic carbocycles. The van der Waals surface area contributed by atoms with Gasteiger partial charge in [0.05, 0.1) is 19.6 Å². The predicted molar refractivity (Wildman–Crippen MR) is 93.9 cm³/mol. The van der Waals surface area contributed by atoms with E-state index >= 15 is 0 Å². The van der Waals surface area contributed by atoms with Crippen molar-refractivity contribution in [2.75, 3.05) is 13.7 Å². The molecule has 2 rings (SSSR count). The fourth-order valence-electron chi connectivity index (χ4n) is 2.56. The Hall–Kier alpha value is -2.49. The molecular weight excluding hydrogens is 304 g/mol. The molecular formula is C20H24O4. The molecule has 0 heterocycles. The maximum Gasteiger partial charge on any atom is 0.311 e. The third-order valence-electron chi connectivity index (χ3n) is 3.92. The molecule has 1 N–H and O–H groups in total. The molecule has 0 spiro atoms. The number of methoxy groups -OCH3 is 1. The highest BCUT2D eigenvalue weighted by atomic mass is 16.5. The number of unbranched alkanes of at least 4 members (excludes halogenated alkanes) is 1. The van der Waals surface area contributed by atoms with Crippen molar-refractivity contribution < 1.29 is 19.4 Å². The number of carboxylic acid groups (broad SMARTS) is 1. The maximum absolute atomic E-state index is 11.7. The second kappa shape index (κ2) is 8.96. The van der Waals surface area contributed by atoms with Gasteiger partial charge in [-0.1, -0.05) is 49.7 Å². The van der Waals surface area contributed by atoms with Gasteiger partial charge in [-0.2, -0.15) is 0 Å². The van der Waals surface area contributed by atoms with Crippen LogP contribution in [0, 0.1) is 0 Å². The average molecular weight is 328 g/mol. The molecule has 4 heteroatoms. The van der Waals surface area contributed by atoms with Crippen LogP contribution in [-0.4, -0.2) is 24.8 Å². The van der Waals surface area contributed by atoms with Crippen LogP contribution in [0.1, 0.15) is 36.8 Å². The highest BCUT2D eigenvalue weighted by molar-refractivity contribution is 5.76. The molecule has 1 unspecified atom stereocenters. The third kappa shape index (κ3) is 4.75. The minimum Gasteiger partial charge on any atom is -0.493 e. The lowest BCUT2D eigenvalue weighted by Crippen LogP contribution is -2.14. The van der Waals surface area contributed by atoms with Gasteiger partial charge in [-0.25, -0.2) is 0 Å². The summed E-state index contributed by atoms with van der Waals surface area (Å²) in [7, 11) is 1.60. The topological polar surface area (TPSA) is 55.8 Å². The number of aliphatic carboxylic acids is 1. The summed E-state index contributed by atoms with van der Waals surface area (Å²) in [5.41, 5.74) is 1.72. The van der Waals surface area contributed by atoms with E-state index in [-0.39, 0.29) is 0 Å². The first kappa shape index (κ1) is 17.9. The first-order valence-corrected chi connectivity index (χ1v) is 8.23. The van der Waals surface area contributed by atoms with Gasteiger partial charge in [-0.05, 0) is 36.1 Å². The molecule has 0 aliphatic rings. The molecule has 0 saturated carbocycles.